The van der Waals surface area contributed by atoms with Crippen molar-refractivity contribution in [2.45, 2.75) is 41.5 Å². The second-order valence-electron chi connectivity index (χ2n) is 7.23. The van der Waals surface area contributed by atoms with Gasteiger partial charge in [-0.1, -0.05) is 0 Å². The van der Waals surface area contributed by atoms with Gasteiger partial charge in [-0.2, -0.15) is 0 Å². The molecule has 3 aromatic carbocycles. The van der Waals surface area contributed by atoms with E-state index in [0.717, 1.165) is 0 Å². The molecule has 0 aliphatic rings. The van der Waals surface area contributed by atoms with Crippen LogP contribution in [0.1, 0.15) is 33.4 Å². The zero-order valence-corrected chi connectivity index (χ0v) is 17.7. The van der Waals surface area contributed by atoms with Crippen LogP contribution in [0.2, 0.25) is 0 Å². The van der Waals surface area contributed by atoms with Gasteiger partial charge in [0.15, 0.2) is 0 Å². The van der Waals surface area contributed by atoms with Gasteiger partial charge in [0, 0.05) is 0 Å². The van der Waals surface area contributed by atoms with Gasteiger partial charge in [0.1, 0.15) is 0 Å². The summed E-state index contributed by atoms with van der Waals surface area (Å²) < 4.78 is 1.21. The molecule has 2 radical (unpaired) electrons. The molecule has 0 nitrogen and oxygen atoms in total. The van der Waals surface area contributed by atoms with Crippen molar-refractivity contribution in [3.63, 3.8) is 0 Å². The van der Waals surface area contributed by atoms with Crippen molar-refractivity contribution in [2.75, 3.05) is 0 Å². The summed E-state index contributed by atoms with van der Waals surface area (Å²) in [6, 6.07) is 15.7. The van der Waals surface area contributed by atoms with Gasteiger partial charge in [-0.25, -0.2) is 0 Å². The van der Waals surface area contributed by atoms with Crippen LogP contribution in [0.15, 0.2) is 42.5 Å². The summed E-state index contributed by atoms with van der Waals surface area (Å²) in [7, 11) is 0. The molecule has 0 N–H and O–H groups in total. The average molecular weight is 392 g/mol. The van der Waals surface area contributed by atoms with Gasteiger partial charge in [0.05, 0.1) is 0 Å². The third-order valence-electron chi connectivity index (χ3n) is 4.90. The third kappa shape index (κ3) is 3.32. The number of rotatable bonds is 2. The van der Waals surface area contributed by atoms with E-state index in [9.17, 15) is 0 Å². The van der Waals surface area contributed by atoms with Gasteiger partial charge in [-0.3, -0.25) is 0 Å². The van der Waals surface area contributed by atoms with Crippen LogP contribution in [-0.4, -0.2) is 16.0 Å². The zero-order valence-electron chi connectivity index (χ0n) is 15.9. The van der Waals surface area contributed by atoms with Gasteiger partial charge in [0.2, 0.25) is 0 Å². The second-order valence-corrected chi connectivity index (χ2v) is 8.15. The van der Waals surface area contributed by atoms with Gasteiger partial charge in [-0.15, -0.1) is 0 Å². The number of hydrogen-bond donors (Lipinski definition) is 0. The van der Waals surface area contributed by atoms with Crippen molar-refractivity contribution in [3.05, 3.63) is 75.8 Å². The summed E-state index contributed by atoms with van der Waals surface area (Å²) in [5, 5.41) is 0. The molecule has 0 spiro atoms. The van der Waals surface area contributed by atoms with Gasteiger partial charge < -0.3 is 0 Å². The normalized spacial score (nSPS) is 11.0. The average Bonchev–Trinajstić information content (AvgIpc) is 2.47. The van der Waals surface area contributed by atoms with Crippen LogP contribution in [0.3, 0.4) is 0 Å². The van der Waals surface area contributed by atoms with E-state index in [1.54, 1.807) is 0 Å². The van der Waals surface area contributed by atoms with Crippen LogP contribution in [0, 0.1) is 41.5 Å². The van der Waals surface area contributed by atoms with Crippen molar-refractivity contribution in [3.8, 4) is 22.3 Å². The molecule has 3 aromatic rings. The summed E-state index contributed by atoms with van der Waals surface area (Å²) in [5.41, 5.74) is 13.4. The zero-order chi connectivity index (χ0) is 18.3. The summed E-state index contributed by atoms with van der Waals surface area (Å²) >= 11 is 3.30. The molecule has 0 aromatic heterocycles. The molecule has 0 amide bonds. The minimum absolute atomic E-state index is 1.21. The van der Waals surface area contributed by atoms with Crippen molar-refractivity contribution < 1.29 is 0 Å². The van der Waals surface area contributed by atoms with Crippen LogP contribution in [0.4, 0.5) is 0 Å². The quantitative estimate of drug-likeness (QED) is 0.494. The molecule has 0 atom stereocenters. The maximum atomic E-state index is 3.30. The molecule has 0 bridgehead atoms. The molecule has 0 saturated heterocycles. The first-order chi connectivity index (χ1) is 11.8. The molecule has 0 aliphatic carbocycles. The summed E-state index contributed by atoms with van der Waals surface area (Å²) in [5.74, 6) is 0. The Morgan fingerprint density at radius 1 is 0.560 bits per heavy atom. The first-order valence-electron chi connectivity index (χ1n) is 8.76. The fraction of sp³-hybridized carbons (Fsp3) is 0.250. The summed E-state index contributed by atoms with van der Waals surface area (Å²) in [6.45, 7) is 13.2. The minimum atomic E-state index is 1.21. The topological polar surface area (TPSA) is 0 Å². The van der Waals surface area contributed by atoms with Crippen molar-refractivity contribution in [1.29, 1.82) is 0 Å². The Morgan fingerprint density at radius 3 is 1.48 bits per heavy atom. The fourth-order valence-corrected chi connectivity index (χ4v) is 4.79. The first kappa shape index (κ1) is 18.0. The van der Waals surface area contributed by atoms with E-state index in [4.69, 9.17) is 0 Å². The Kier molecular flexibility index (Phi) is 4.91. The van der Waals surface area contributed by atoms with Crippen LogP contribution in [0.5, 0.6) is 0 Å². The molecule has 1 heteroatoms. The molecule has 25 heavy (non-hydrogen) atoms. The predicted octanol–water partition coefficient (Wildman–Crippen LogP) is 5.66. The molecule has 3 rings (SSSR count). The Balaban J connectivity index is 2.40. The molecular weight excluding hydrogens is 367 g/mol. The van der Waals surface area contributed by atoms with E-state index in [0.29, 0.717) is 0 Å². The SMILES string of the molecule is Cc1cc(C)c(-c2cccc([Se+])c2-c2c(C)cc(C)cc2C)c(C)c1. The molecule has 0 heterocycles. The third-order valence-corrected chi connectivity index (χ3v) is 5.61. The Hall–Kier alpha value is -1.82. The number of hydrogen-bond acceptors (Lipinski definition) is 0. The van der Waals surface area contributed by atoms with Gasteiger partial charge in [-0.05, 0) is 0 Å². The summed E-state index contributed by atoms with van der Waals surface area (Å²) in [4.78, 5) is 0. The van der Waals surface area contributed by atoms with Crippen LogP contribution in [0.25, 0.3) is 22.3 Å². The van der Waals surface area contributed by atoms with E-state index < -0.39 is 0 Å². The Morgan fingerprint density at radius 2 is 1.00 bits per heavy atom. The Bertz CT molecular complexity index is 918. The number of aryl methyl sites for hydroxylation is 6. The number of benzene rings is 3. The van der Waals surface area contributed by atoms with Crippen LogP contribution >= 0.6 is 0 Å². The van der Waals surface area contributed by atoms with Crippen molar-refractivity contribution in [2.24, 2.45) is 0 Å². The molecule has 0 saturated carbocycles. The van der Waals surface area contributed by atoms with Crippen molar-refractivity contribution >= 4 is 20.5 Å². The Labute approximate surface area is 160 Å². The summed E-state index contributed by atoms with van der Waals surface area (Å²) in [6.07, 6.45) is 0. The molecule has 0 fully saturated rings. The standard InChI is InChI=1S/C24H25Se/c1-14-10-16(3)22(17(4)11-14)20-8-7-9-21(25)24(20)23-18(5)12-15(2)13-19(23)6/h7-13H,1-6H3/q+1. The van der Waals surface area contributed by atoms with E-state index >= 15 is 0 Å². The monoisotopic (exact) mass is 393 g/mol. The van der Waals surface area contributed by atoms with E-state index in [2.05, 4.69) is 100 Å². The van der Waals surface area contributed by atoms with Gasteiger partial charge in [0.25, 0.3) is 0 Å². The fourth-order valence-electron chi connectivity index (χ4n) is 4.18. The maximum absolute atomic E-state index is 3.30. The van der Waals surface area contributed by atoms with Crippen molar-refractivity contribution in [1.82, 2.24) is 0 Å². The molecule has 0 unspecified atom stereocenters. The van der Waals surface area contributed by atoms with Crippen LogP contribution in [-0.2, 0) is 0 Å². The van der Waals surface area contributed by atoms with E-state index in [1.165, 1.54) is 60.1 Å². The molecule has 126 valence electrons. The first-order valence-corrected chi connectivity index (χ1v) is 9.61. The predicted molar refractivity (Wildman–Crippen MR) is 111 cm³/mol. The van der Waals surface area contributed by atoms with E-state index in [1.807, 2.05) is 0 Å². The molecular formula is C24H25Se+. The molecule has 0 aliphatic heterocycles. The van der Waals surface area contributed by atoms with E-state index in [-0.39, 0.29) is 0 Å². The second kappa shape index (κ2) is 6.83. The van der Waals surface area contributed by atoms with Gasteiger partial charge >= 0.3 is 160 Å². The van der Waals surface area contributed by atoms with Crippen LogP contribution < -0.4 is 4.46 Å².